The minimum atomic E-state index is 0.274. The molecule has 0 bridgehead atoms. The Bertz CT molecular complexity index is 269. The van der Waals surface area contributed by atoms with Crippen molar-refractivity contribution in [2.24, 2.45) is 0 Å². The first-order valence-electron chi connectivity index (χ1n) is 4.99. The van der Waals surface area contributed by atoms with E-state index in [0.29, 0.717) is 13.2 Å². The van der Waals surface area contributed by atoms with Gasteiger partial charge in [-0.2, -0.15) is 0 Å². The maximum atomic E-state index is 5.51. The molecule has 1 rings (SSSR count). The number of benzene rings is 1. The van der Waals surface area contributed by atoms with Crippen molar-refractivity contribution in [3.8, 4) is 5.75 Å². The van der Waals surface area contributed by atoms with Gasteiger partial charge in [-0.05, 0) is 38.5 Å². The molecule has 78 valence electrons. The maximum absolute atomic E-state index is 5.51. The first-order valence-corrected chi connectivity index (χ1v) is 4.99. The molecule has 0 saturated heterocycles. The summed E-state index contributed by atoms with van der Waals surface area (Å²) >= 11 is 0. The minimum absolute atomic E-state index is 0.274. The quantitative estimate of drug-likeness (QED) is 0.671. The molecule has 0 unspecified atom stereocenters. The SMILES string of the molecule is Cc1cccc(OCCOC(C)C)c1. The lowest BCUT2D eigenvalue weighted by Crippen LogP contribution is -2.11. The summed E-state index contributed by atoms with van der Waals surface area (Å²) in [6.45, 7) is 7.35. The fourth-order valence-corrected chi connectivity index (χ4v) is 1.15. The largest absolute Gasteiger partial charge is 0.491 e. The number of rotatable bonds is 5. The van der Waals surface area contributed by atoms with Gasteiger partial charge in [0.15, 0.2) is 0 Å². The topological polar surface area (TPSA) is 18.5 Å². The van der Waals surface area contributed by atoms with Gasteiger partial charge >= 0.3 is 0 Å². The Hall–Kier alpha value is -1.02. The Balaban J connectivity index is 2.25. The molecule has 0 N–H and O–H groups in total. The zero-order valence-corrected chi connectivity index (χ0v) is 9.12. The molecule has 1 aromatic rings. The Morgan fingerprint density at radius 1 is 1.21 bits per heavy atom. The normalized spacial score (nSPS) is 10.6. The van der Waals surface area contributed by atoms with Gasteiger partial charge in [0.2, 0.25) is 0 Å². The molecule has 0 aromatic heterocycles. The fraction of sp³-hybridized carbons (Fsp3) is 0.500. The van der Waals surface area contributed by atoms with Crippen LogP contribution in [-0.4, -0.2) is 19.3 Å². The Morgan fingerprint density at radius 3 is 2.64 bits per heavy atom. The minimum Gasteiger partial charge on any atom is -0.491 e. The standard InChI is InChI=1S/C12H18O2/c1-10(2)13-7-8-14-12-6-4-5-11(3)9-12/h4-6,9-10H,7-8H2,1-3H3. The van der Waals surface area contributed by atoms with Crippen LogP contribution in [0.2, 0.25) is 0 Å². The van der Waals surface area contributed by atoms with Crippen LogP contribution in [0.3, 0.4) is 0 Å². The molecular formula is C12H18O2. The van der Waals surface area contributed by atoms with E-state index in [1.54, 1.807) is 0 Å². The van der Waals surface area contributed by atoms with Crippen molar-refractivity contribution in [3.63, 3.8) is 0 Å². The van der Waals surface area contributed by atoms with E-state index in [-0.39, 0.29) is 6.10 Å². The number of aryl methyl sites for hydroxylation is 1. The Morgan fingerprint density at radius 2 is 2.00 bits per heavy atom. The molecular weight excluding hydrogens is 176 g/mol. The molecule has 0 aliphatic rings. The predicted octanol–water partition coefficient (Wildman–Crippen LogP) is 2.80. The summed E-state index contributed by atoms with van der Waals surface area (Å²) in [4.78, 5) is 0. The molecule has 0 spiro atoms. The van der Waals surface area contributed by atoms with E-state index in [9.17, 15) is 0 Å². The lowest BCUT2D eigenvalue weighted by Gasteiger charge is -2.09. The third-order valence-corrected chi connectivity index (χ3v) is 1.79. The molecule has 2 nitrogen and oxygen atoms in total. The van der Waals surface area contributed by atoms with Crippen LogP contribution >= 0.6 is 0 Å². The van der Waals surface area contributed by atoms with Crippen molar-refractivity contribution >= 4 is 0 Å². The second-order valence-corrected chi connectivity index (χ2v) is 3.58. The summed E-state index contributed by atoms with van der Waals surface area (Å²) in [5.74, 6) is 0.914. The highest BCUT2D eigenvalue weighted by Gasteiger charge is 1.95. The van der Waals surface area contributed by atoms with Crippen molar-refractivity contribution in [1.29, 1.82) is 0 Å². The van der Waals surface area contributed by atoms with Crippen molar-refractivity contribution in [1.82, 2.24) is 0 Å². The monoisotopic (exact) mass is 194 g/mol. The molecule has 0 radical (unpaired) electrons. The molecule has 14 heavy (non-hydrogen) atoms. The summed E-state index contributed by atoms with van der Waals surface area (Å²) in [5, 5.41) is 0. The lowest BCUT2D eigenvalue weighted by molar-refractivity contribution is 0.0552. The summed E-state index contributed by atoms with van der Waals surface area (Å²) < 4.78 is 10.9. The number of hydrogen-bond acceptors (Lipinski definition) is 2. The van der Waals surface area contributed by atoms with Gasteiger partial charge in [-0.25, -0.2) is 0 Å². The highest BCUT2D eigenvalue weighted by molar-refractivity contribution is 5.27. The van der Waals surface area contributed by atoms with Gasteiger partial charge < -0.3 is 9.47 Å². The average Bonchev–Trinajstić information content (AvgIpc) is 2.12. The van der Waals surface area contributed by atoms with E-state index in [1.165, 1.54) is 5.56 Å². The Labute approximate surface area is 85.8 Å². The molecule has 0 fully saturated rings. The van der Waals surface area contributed by atoms with Gasteiger partial charge in [0, 0.05) is 0 Å². The van der Waals surface area contributed by atoms with E-state index in [2.05, 4.69) is 13.0 Å². The second kappa shape index (κ2) is 5.66. The second-order valence-electron chi connectivity index (χ2n) is 3.58. The van der Waals surface area contributed by atoms with Gasteiger partial charge in [-0.1, -0.05) is 12.1 Å². The van der Waals surface area contributed by atoms with Crippen molar-refractivity contribution in [2.45, 2.75) is 26.9 Å². The van der Waals surface area contributed by atoms with Gasteiger partial charge in [-0.3, -0.25) is 0 Å². The fourth-order valence-electron chi connectivity index (χ4n) is 1.15. The van der Waals surface area contributed by atoms with Crippen molar-refractivity contribution in [3.05, 3.63) is 29.8 Å². The smallest absolute Gasteiger partial charge is 0.119 e. The molecule has 0 aliphatic heterocycles. The highest BCUT2D eigenvalue weighted by atomic mass is 16.5. The van der Waals surface area contributed by atoms with Gasteiger partial charge in [0.1, 0.15) is 12.4 Å². The van der Waals surface area contributed by atoms with E-state index in [1.807, 2.05) is 32.0 Å². The van der Waals surface area contributed by atoms with Crippen LogP contribution in [0.5, 0.6) is 5.75 Å². The van der Waals surface area contributed by atoms with Crippen LogP contribution in [0.15, 0.2) is 24.3 Å². The van der Waals surface area contributed by atoms with E-state index in [4.69, 9.17) is 9.47 Å². The van der Waals surface area contributed by atoms with Crippen LogP contribution in [0.4, 0.5) is 0 Å². The molecule has 0 saturated carbocycles. The zero-order valence-electron chi connectivity index (χ0n) is 9.12. The van der Waals surface area contributed by atoms with Gasteiger partial charge in [0.25, 0.3) is 0 Å². The zero-order chi connectivity index (χ0) is 10.4. The first kappa shape index (κ1) is 11.1. The number of hydrogen-bond donors (Lipinski definition) is 0. The maximum Gasteiger partial charge on any atom is 0.119 e. The average molecular weight is 194 g/mol. The molecule has 0 atom stereocenters. The van der Waals surface area contributed by atoms with E-state index in [0.717, 1.165) is 5.75 Å². The first-order chi connectivity index (χ1) is 6.68. The molecule has 0 heterocycles. The number of ether oxygens (including phenoxy) is 2. The lowest BCUT2D eigenvalue weighted by atomic mass is 10.2. The van der Waals surface area contributed by atoms with Gasteiger partial charge in [-0.15, -0.1) is 0 Å². The van der Waals surface area contributed by atoms with E-state index < -0.39 is 0 Å². The van der Waals surface area contributed by atoms with Crippen LogP contribution in [0.1, 0.15) is 19.4 Å². The molecule has 0 aliphatic carbocycles. The summed E-state index contributed by atoms with van der Waals surface area (Å²) in [7, 11) is 0. The van der Waals surface area contributed by atoms with Crippen molar-refractivity contribution in [2.75, 3.05) is 13.2 Å². The van der Waals surface area contributed by atoms with E-state index >= 15 is 0 Å². The molecule has 2 heteroatoms. The van der Waals surface area contributed by atoms with Crippen molar-refractivity contribution < 1.29 is 9.47 Å². The highest BCUT2D eigenvalue weighted by Crippen LogP contribution is 2.11. The predicted molar refractivity (Wildman–Crippen MR) is 57.8 cm³/mol. The summed E-state index contributed by atoms with van der Waals surface area (Å²) in [6, 6.07) is 8.03. The van der Waals surface area contributed by atoms with Crippen LogP contribution < -0.4 is 4.74 Å². The van der Waals surface area contributed by atoms with Crippen LogP contribution in [-0.2, 0) is 4.74 Å². The Kier molecular flexibility index (Phi) is 4.47. The summed E-state index contributed by atoms with van der Waals surface area (Å²) in [6.07, 6.45) is 0.274. The third kappa shape index (κ3) is 4.28. The molecule has 1 aromatic carbocycles. The summed E-state index contributed by atoms with van der Waals surface area (Å²) in [5.41, 5.74) is 1.22. The third-order valence-electron chi connectivity index (χ3n) is 1.79. The van der Waals surface area contributed by atoms with Crippen LogP contribution in [0.25, 0.3) is 0 Å². The van der Waals surface area contributed by atoms with Gasteiger partial charge in [0.05, 0.1) is 12.7 Å². The molecule has 0 amide bonds. The van der Waals surface area contributed by atoms with Crippen LogP contribution in [0, 0.1) is 6.92 Å².